The number of carbonyl (C=O) groups excluding carboxylic acids is 1. The molecule has 1 aromatic heterocycles. The van der Waals surface area contributed by atoms with Crippen LogP contribution in [0.15, 0.2) is 6.07 Å². The summed E-state index contributed by atoms with van der Waals surface area (Å²) in [5.41, 5.74) is 5.43. The molecule has 0 unspecified atom stereocenters. The Kier molecular flexibility index (Phi) is 4.24. The van der Waals surface area contributed by atoms with Crippen molar-refractivity contribution in [2.45, 2.75) is 39.2 Å². The summed E-state index contributed by atoms with van der Waals surface area (Å²) in [5.74, 6) is 0.751. The molecule has 0 saturated carbocycles. The van der Waals surface area contributed by atoms with Gasteiger partial charge in [-0.15, -0.1) is 0 Å². The Balaban J connectivity index is 2.27. The van der Waals surface area contributed by atoms with Gasteiger partial charge in [-0.05, 0) is 36.8 Å². The number of hydrogen-bond acceptors (Lipinski definition) is 4. The summed E-state index contributed by atoms with van der Waals surface area (Å²) in [6.45, 7) is 5.35. The van der Waals surface area contributed by atoms with Crippen molar-refractivity contribution >= 4 is 23.3 Å². The van der Waals surface area contributed by atoms with E-state index in [1.165, 1.54) is 0 Å². The first-order valence-electron chi connectivity index (χ1n) is 6.58. The smallest absolute Gasteiger partial charge is 0.267 e. The maximum atomic E-state index is 11.2. The van der Waals surface area contributed by atoms with E-state index < -0.39 is 5.91 Å². The van der Waals surface area contributed by atoms with Crippen LogP contribution < -0.4 is 10.6 Å². The van der Waals surface area contributed by atoms with Crippen molar-refractivity contribution in [1.29, 1.82) is 0 Å². The molecular formula is C13H19ClN4O. The second kappa shape index (κ2) is 5.74. The monoisotopic (exact) mass is 282 g/mol. The molecule has 19 heavy (non-hydrogen) atoms. The van der Waals surface area contributed by atoms with Gasteiger partial charge in [-0.25, -0.2) is 9.97 Å². The first-order valence-corrected chi connectivity index (χ1v) is 6.96. The van der Waals surface area contributed by atoms with E-state index in [1.54, 1.807) is 6.07 Å². The molecule has 0 spiro atoms. The van der Waals surface area contributed by atoms with Gasteiger partial charge in [0.1, 0.15) is 11.5 Å². The summed E-state index contributed by atoms with van der Waals surface area (Å²) >= 11 is 5.87. The van der Waals surface area contributed by atoms with Gasteiger partial charge in [0, 0.05) is 18.7 Å². The highest BCUT2D eigenvalue weighted by atomic mass is 35.5. The van der Waals surface area contributed by atoms with E-state index in [0.29, 0.717) is 17.8 Å². The molecule has 1 saturated heterocycles. The number of amides is 1. The molecule has 1 fully saturated rings. The Morgan fingerprint density at radius 1 is 1.58 bits per heavy atom. The molecule has 2 N–H and O–H groups in total. The van der Waals surface area contributed by atoms with Gasteiger partial charge >= 0.3 is 0 Å². The third-order valence-electron chi connectivity index (χ3n) is 3.35. The summed E-state index contributed by atoms with van der Waals surface area (Å²) in [6.07, 6.45) is 3.38. The number of primary amides is 1. The number of aromatic nitrogens is 2. The first kappa shape index (κ1) is 14.1. The van der Waals surface area contributed by atoms with E-state index in [0.717, 1.165) is 25.8 Å². The van der Waals surface area contributed by atoms with Crippen LogP contribution in [0.1, 0.15) is 43.6 Å². The normalized spacial score (nSPS) is 19.2. The molecule has 1 aliphatic rings. The lowest BCUT2D eigenvalue weighted by atomic mass is 10.0. The minimum absolute atomic E-state index is 0.0708. The van der Waals surface area contributed by atoms with Crippen molar-refractivity contribution in [1.82, 2.24) is 9.97 Å². The van der Waals surface area contributed by atoms with E-state index in [4.69, 9.17) is 17.3 Å². The van der Waals surface area contributed by atoms with Crippen molar-refractivity contribution < 1.29 is 4.79 Å². The third-order valence-corrected chi connectivity index (χ3v) is 3.52. The minimum atomic E-state index is -0.579. The van der Waals surface area contributed by atoms with E-state index in [2.05, 4.69) is 28.7 Å². The van der Waals surface area contributed by atoms with Gasteiger partial charge in [0.2, 0.25) is 5.28 Å². The van der Waals surface area contributed by atoms with Gasteiger partial charge in [0.15, 0.2) is 0 Å². The van der Waals surface area contributed by atoms with Crippen LogP contribution in [0.3, 0.4) is 0 Å². The van der Waals surface area contributed by atoms with Crippen LogP contribution in [0.25, 0.3) is 0 Å². The van der Waals surface area contributed by atoms with Gasteiger partial charge < -0.3 is 10.6 Å². The van der Waals surface area contributed by atoms with Crippen LogP contribution in [0.5, 0.6) is 0 Å². The highest BCUT2D eigenvalue weighted by molar-refractivity contribution is 6.28. The summed E-state index contributed by atoms with van der Waals surface area (Å²) in [6, 6.07) is 2.08. The molecular weight excluding hydrogens is 264 g/mol. The zero-order valence-electron chi connectivity index (χ0n) is 11.3. The number of nitrogens with two attached hydrogens (primary N) is 1. The van der Waals surface area contributed by atoms with Crippen molar-refractivity contribution in [3.63, 3.8) is 0 Å². The molecule has 2 heterocycles. The molecule has 0 bridgehead atoms. The van der Waals surface area contributed by atoms with Crippen LogP contribution in [-0.4, -0.2) is 28.5 Å². The van der Waals surface area contributed by atoms with Crippen molar-refractivity contribution in [2.24, 2.45) is 11.7 Å². The maximum Gasteiger partial charge on any atom is 0.267 e. The van der Waals surface area contributed by atoms with Gasteiger partial charge in [-0.2, -0.15) is 0 Å². The fourth-order valence-corrected chi connectivity index (χ4v) is 2.78. The fraction of sp³-hybridized carbons (Fsp3) is 0.615. The van der Waals surface area contributed by atoms with Crippen LogP contribution in [0.2, 0.25) is 5.28 Å². The summed E-state index contributed by atoms with van der Waals surface area (Å²) in [7, 11) is 0. The van der Waals surface area contributed by atoms with Crippen LogP contribution in [0.4, 0.5) is 5.82 Å². The summed E-state index contributed by atoms with van der Waals surface area (Å²) < 4.78 is 0. The second-order valence-corrected chi connectivity index (χ2v) is 5.70. The molecule has 0 aromatic carbocycles. The molecule has 1 aromatic rings. The van der Waals surface area contributed by atoms with Crippen LogP contribution in [0, 0.1) is 5.92 Å². The average molecular weight is 283 g/mol. The highest BCUT2D eigenvalue weighted by Crippen LogP contribution is 2.28. The third kappa shape index (κ3) is 3.35. The largest absolute Gasteiger partial charge is 0.364 e. The lowest BCUT2D eigenvalue weighted by Crippen LogP contribution is -2.31. The Labute approximate surface area is 118 Å². The zero-order valence-corrected chi connectivity index (χ0v) is 12.0. The number of nitrogens with zero attached hydrogens (tertiary/aromatic N) is 3. The zero-order chi connectivity index (χ0) is 14.0. The molecule has 6 heteroatoms. The predicted octanol–water partition coefficient (Wildman–Crippen LogP) is 2.24. The highest BCUT2D eigenvalue weighted by Gasteiger charge is 2.27. The Bertz CT molecular complexity index is 478. The lowest BCUT2D eigenvalue weighted by Gasteiger charge is -2.27. The molecule has 1 amide bonds. The van der Waals surface area contributed by atoms with Crippen molar-refractivity contribution in [2.75, 3.05) is 11.4 Å². The Morgan fingerprint density at radius 3 is 2.95 bits per heavy atom. The second-order valence-electron chi connectivity index (χ2n) is 5.36. The topological polar surface area (TPSA) is 72.1 Å². The van der Waals surface area contributed by atoms with Gasteiger partial charge in [-0.1, -0.05) is 13.8 Å². The lowest BCUT2D eigenvalue weighted by molar-refractivity contribution is 0.0995. The molecule has 1 aliphatic heterocycles. The van der Waals surface area contributed by atoms with Crippen LogP contribution >= 0.6 is 11.6 Å². The number of carbonyl (C=O) groups is 1. The number of hydrogen-bond donors (Lipinski definition) is 1. The van der Waals surface area contributed by atoms with E-state index in [1.807, 2.05) is 0 Å². The first-order chi connectivity index (χ1) is 8.97. The van der Waals surface area contributed by atoms with Crippen molar-refractivity contribution in [3.05, 3.63) is 17.0 Å². The summed E-state index contributed by atoms with van der Waals surface area (Å²) in [4.78, 5) is 21.5. The molecule has 0 aliphatic carbocycles. The molecule has 5 nitrogen and oxygen atoms in total. The molecule has 0 radical (unpaired) electrons. The van der Waals surface area contributed by atoms with Gasteiger partial charge in [0.25, 0.3) is 5.91 Å². The average Bonchev–Trinajstić information content (AvgIpc) is 2.75. The number of anilines is 1. The van der Waals surface area contributed by atoms with Crippen LogP contribution in [-0.2, 0) is 0 Å². The van der Waals surface area contributed by atoms with E-state index >= 15 is 0 Å². The fourth-order valence-electron chi connectivity index (χ4n) is 2.61. The number of halogens is 1. The molecule has 104 valence electrons. The van der Waals surface area contributed by atoms with Crippen molar-refractivity contribution in [3.8, 4) is 0 Å². The SMILES string of the molecule is CC(C)C[C@H]1CCCN1c1cc(C(N)=O)nc(Cl)n1. The number of rotatable bonds is 4. The standard InChI is InChI=1S/C13H19ClN4O/c1-8(2)6-9-4-3-5-18(9)11-7-10(12(15)19)16-13(14)17-11/h7-9H,3-6H2,1-2H3,(H2,15,19)/t9-/m1/s1. The maximum absolute atomic E-state index is 11.2. The Morgan fingerprint density at radius 2 is 2.32 bits per heavy atom. The molecule has 2 rings (SSSR count). The predicted molar refractivity (Wildman–Crippen MR) is 75.4 cm³/mol. The Hall–Kier alpha value is -1.36. The van der Waals surface area contributed by atoms with Gasteiger partial charge in [0.05, 0.1) is 0 Å². The quantitative estimate of drug-likeness (QED) is 0.860. The molecule has 1 atom stereocenters. The van der Waals surface area contributed by atoms with E-state index in [9.17, 15) is 4.79 Å². The minimum Gasteiger partial charge on any atom is -0.364 e. The van der Waals surface area contributed by atoms with Gasteiger partial charge in [-0.3, -0.25) is 4.79 Å². The summed E-state index contributed by atoms with van der Waals surface area (Å²) in [5, 5.41) is 0.0708. The van der Waals surface area contributed by atoms with E-state index in [-0.39, 0.29) is 11.0 Å².